The molecule has 1 rings (SSSR count). The molecule has 130 valence electrons. The number of hydrogen-bond acceptors (Lipinski definition) is 5. The molecule has 0 aliphatic rings. The summed E-state index contributed by atoms with van der Waals surface area (Å²) < 4.78 is 5.16. The van der Waals surface area contributed by atoms with Crippen LogP contribution in [0.3, 0.4) is 0 Å². The second-order valence-corrected chi connectivity index (χ2v) is 7.57. The maximum atomic E-state index is 11.9. The van der Waals surface area contributed by atoms with Gasteiger partial charge in [-0.05, 0) is 41.0 Å². The Balaban J connectivity index is 2.26. The fourth-order valence-corrected chi connectivity index (χ4v) is 2.26. The van der Waals surface area contributed by atoms with Crippen LogP contribution in [-0.2, 0) is 11.3 Å². The maximum absolute atomic E-state index is 11.9. The Morgan fingerprint density at radius 1 is 1.22 bits per heavy atom. The monoisotopic (exact) mass is 342 g/mol. The average molecular weight is 342 g/mol. The molecule has 0 aromatic carbocycles. The third-order valence-corrected chi connectivity index (χ3v) is 3.42. The first-order valence-electron chi connectivity index (χ1n) is 7.47. The lowest BCUT2D eigenvalue weighted by Gasteiger charge is -2.27. The Bertz CT molecular complexity index is 509. The molecule has 1 aromatic rings. The van der Waals surface area contributed by atoms with Crippen LogP contribution in [0.5, 0.6) is 0 Å². The molecule has 0 saturated carbocycles. The van der Waals surface area contributed by atoms with Gasteiger partial charge in [0, 0.05) is 17.5 Å². The third-order valence-electron chi connectivity index (χ3n) is 2.78. The van der Waals surface area contributed by atoms with Crippen LogP contribution in [0.4, 0.5) is 9.59 Å². The standard InChI is InChI=1S/C15H26N4O3S/c1-14(2,3)22-13(21)16-7-6-15(4,5)19-12(20)17-8-11-9-23-10-18-11/h9-10H,6-8H2,1-5H3,(H,16,21)(H2,17,19,20). The summed E-state index contributed by atoms with van der Waals surface area (Å²) in [6.45, 7) is 10.0. The first-order chi connectivity index (χ1) is 10.6. The molecular formula is C15H26N4O3S. The SMILES string of the molecule is CC(C)(CCNC(=O)OC(C)(C)C)NC(=O)NCc1cscn1. The normalized spacial score (nSPS) is 11.7. The zero-order valence-electron chi connectivity index (χ0n) is 14.4. The molecule has 0 spiro atoms. The van der Waals surface area contributed by atoms with Gasteiger partial charge in [-0.25, -0.2) is 14.6 Å². The predicted molar refractivity (Wildman–Crippen MR) is 90.4 cm³/mol. The number of thiazole rings is 1. The van der Waals surface area contributed by atoms with Crippen molar-refractivity contribution in [3.63, 3.8) is 0 Å². The molecule has 0 aliphatic heterocycles. The summed E-state index contributed by atoms with van der Waals surface area (Å²) in [5.41, 5.74) is 1.57. The van der Waals surface area contributed by atoms with Crippen molar-refractivity contribution in [3.8, 4) is 0 Å². The number of carbonyl (C=O) groups is 2. The van der Waals surface area contributed by atoms with Crippen molar-refractivity contribution in [3.05, 3.63) is 16.6 Å². The Kier molecular flexibility index (Phi) is 6.80. The number of carbonyl (C=O) groups excluding carboxylic acids is 2. The van der Waals surface area contributed by atoms with Crippen LogP contribution in [0, 0.1) is 0 Å². The predicted octanol–water partition coefficient (Wildman–Crippen LogP) is 2.64. The molecule has 1 aromatic heterocycles. The Labute approximate surface area is 141 Å². The molecule has 0 bridgehead atoms. The first-order valence-corrected chi connectivity index (χ1v) is 8.42. The molecule has 7 nitrogen and oxygen atoms in total. The van der Waals surface area contributed by atoms with Gasteiger partial charge in [-0.15, -0.1) is 11.3 Å². The number of aromatic nitrogens is 1. The van der Waals surface area contributed by atoms with Crippen LogP contribution < -0.4 is 16.0 Å². The second kappa shape index (κ2) is 8.14. The van der Waals surface area contributed by atoms with E-state index in [0.29, 0.717) is 19.5 Å². The highest BCUT2D eigenvalue weighted by molar-refractivity contribution is 7.07. The van der Waals surface area contributed by atoms with Crippen LogP contribution in [0.15, 0.2) is 10.9 Å². The number of urea groups is 1. The molecule has 0 aliphatic carbocycles. The van der Waals surface area contributed by atoms with Crippen LogP contribution >= 0.6 is 11.3 Å². The van der Waals surface area contributed by atoms with E-state index in [2.05, 4.69) is 20.9 Å². The van der Waals surface area contributed by atoms with Crippen molar-refractivity contribution in [2.24, 2.45) is 0 Å². The lowest BCUT2D eigenvalue weighted by Crippen LogP contribution is -2.49. The molecule has 8 heteroatoms. The zero-order valence-corrected chi connectivity index (χ0v) is 15.2. The minimum atomic E-state index is -0.520. The highest BCUT2D eigenvalue weighted by atomic mass is 32.1. The summed E-state index contributed by atoms with van der Waals surface area (Å²) in [4.78, 5) is 27.5. The van der Waals surface area contributed by atoms with Crippen molar-refractivity contribution >= 4 is 23.5 Å². The lowest BCUT2D eigenvalue weighted by molar-refractivity contribution is 0.0524. The van der Waals surface area contributed by atoms with Gasteiger partial charge in [0.2, 0.25) is 0 Å². The molecule has 23 heavy (non-hydrogen) atoms. The summed E-state index contributed by atoms with van der Waals surface area (Å²) in [6, 6.07) is -0.264. The highest BCUT2D eigenvalue weighted by Crippen LogP contribution is 2.09. The summed E-state index contributed by atoms with van der Waals surface area (Å²) in [5.74, 6) is 0. The molecule has 0 atom stereocenters. The summed E-state index contributed by atoms with van der Waals surface area (Å²) in [7, 11) is 0. The van der Waals surface area contributed by atoms with Crippen molar-refractivity contribution in [2.75, 3.05) is 6.54 Å². The van der Waals surface area contributed by atoms with E-state index in [4.69, 9.17) is 4.74 Å². The van der Waals surface area contributed by atoms with E-state index < -0.39 is 17.2 Å². The molecule has 0 radical (unpaired) electrons. The minimum absolute atomic E-state index is 0.264. The van der Waals surface area contributed by atoms with Gasteiger partial charge >= 0.3 is 12.1 Å². The number of amides is 3. The van der Waals surface area contributed by atoms with Crippen molar-refractivity contribution in [1.82, 2.24) is 20.9 Å². The number of hydrogen-bond donors (Lipinski definition) is 3. The van der Waals surface area contributed by atoms with Crippen molar-refractivity contribution in [1.29, 1.82) is 0 Å². The second-order valence-electron chi connectivity index (χ2n) is 6.85. The molecule has 3 amide bonds. The molecular weight excluding hydrogens is 316 g/mol. The maximum Gasteiger partial charge on any atom is 0.407 e. The van der Waals surface area contributed by atoms with E-state index >= 15 is 0 Å². The Morgan fingerprint density at radius 3 is 2.48 bits per heavy atom. The molecule has 0 fully saturated rings. The number of nitrogens with one attached hydrogen (secondary N) is 3. The Morgan fingerprint density at radius 2 is 1.91 bits per heavy atom. The largest absolute Gasteiger partial charge is 0.444 e. The zero-order chi connectivity index (χ0) is 17.5. The summed E-state index contributed by atoms with van der Waals surface area (Å²) in [5, 5.41) is 10.2. The van der Waals surface area contributed by atoms with E-state index in [1.165, 1.54) is 11.3 Å². The number of ether oxygens (including phenoxy) is 1. The average Bonchev–Trinajstić information content (AvgIpc) is 2.86. The van der Waals surface area contributed by atoms with Gasteiger partial charge in [0.25, 0.3) is 0 Å². The fourth-order valence-electron chi connectivity index (χ4n) is 1.70. The number of rotatable bonds is 6. The quantitative estimate of drug-likeness (QED) is 0.741. The molecule has 0 unspecified atom stereocenters. The molecule has 0 saturated heterocycles. The van der Waals surface area contributed by atoms with E-state index in [1.807, 2.05) is 40.0 Å². The molecule has 1 heterocycles. The van der Waals surface area contributed by atoms with Crippen molar-refractivity contribution < 1.29 is 14.3 Å². The highest BCUT2D eigenvalue weighted by Gasteiger charge is 2.21. The van der Waals surface area contributed by atoms with Gasteiger partial charge < -0.3 is 20.7 Å². The van der Waals surface area contributed by atoms with E-state index in [1.54, 1.807) is 5.51 Å². The van der Waals surface area contributed by atoms with E-state index in [9.17, 15) is 9.59 Å². The minimum Gasteiger partial charge on any atom is -0.444 e. The van der Waals surface area contributed by atoms with Gasteiger partial charge in [-0.2, -0.15) is 0 Å². The summed E-state index contributed by atoms with van der Waals surface area (Å²) >= 11 is 1.49. The third kappa shape index (κ3) is 9.02. The van der Waals surface area contributed by atoms with Gasteiger partial charge in [-0.1, -0.05) is 0 Å². The molecule has 3 N–H and O–H groups in total. The number of alkyl carbamates (subject to hydrolysis) is 1. The lowest BCUT2D eigenvalue weighted by atomic mass is 10.0. The van der Waals surface area contributed by atoms with E-state index in [-0.39, 0.29) is 6.03 Å². The first kappa shape index (κ1) is 19.2. The van der Waals surface area contributed by atoms with Gasteiger partial charge in [0.1, 0.15) is 5.60 Å². The van der Waals surface area contributed by atoms with Crippen LogP contribution in [0.1, 0.15) is 46.7 Å². The number of nitrogens with zero attached hydrogens (tertiary/aromatic N) is 1. The van der Waals surface area contributed by atoms with Gasteiger partial charge in [0.05, 0.1) is 17.7 Å². The van der Waals surface area contributed by atoms with Crippen molar-refractivity contribution in [2.45, 2.75) is 58.7 Å². The summed E-state index contributed by atoms with van der Waals surface area (Å²) in [6.07, 6.45) is 0.123. The Hall–Kier alpha value is -1.83. The van der Waals surface area contributed by atoms with Gasteiger partial charge in [-0.3, -0.25) is 0 Å². The van der Waals surface area contributed by atoms with Crippen LogP contribution in [0.25, 0.3) is 0 Å². The van der Waals surface area contributed by atoms with E-state index in [0.717, 1.165) is 5.69 Å². The van der Waals surface area contributed by atoms with Crippen LogP contribution in [-0.4, -0.2) is 34.8 Å². The fraction of sp³-hybridized carbons (Fsp3) is 0.667. The van der Waals surface area contributed by atoms with Gasteiger partial charge in [0.15, 0.2) is 0 Å². The van der Waals surface area contributed by atoms with Crippen LogP contribution in [0.2, 0.25) is 0 Å². The smallest absolute Gasteiger partial charge is 0.407 e. The topological polar surface area (TPSA) is 92.4 Å².